The lowest BCUT2D eigenvalue weighted by Crippen LogP contribution is -2.46. The van der Waals surface area contributed by atoms with E-state index >= 15 is 0 Å². The van der Waals surface area contributed by atoms with E-state index in [1.54, 1.807) is 0 Å². The molecule has 24 heavy (non-hydrogen) atoms. The normalized spacial score (nSPS) is 16.6. The smallest absolute Gasteiger partial charge is 0.270 e. The summed E-state index contributed by atoms with van der Waals surface area (Å²) in [5.74, 6) is 0.846. The van der Waals surface area contributed by atoms with E-state index in [0.717, 1.165) is 25.3 Å². The maximum absolute atomic E-state index is 12.7. The average Bonchev–Trinajstić information content (AvgIpc) is 2.73. The Kier molecular flexibility index (Phi) is 5.89. The molecule has 1 aliphatic heterocycles. The summed E-state index contributed by atoms with van der Waals surface area (Å²) in [4.78, 5) is 19.6. The third-order valence-electron chi connectivity index (χ3n) is 4.32. The summed E-state index contributed by atoms with van der Waals surface area (Å²) in [6.45, 7) is 12.8. The van der Waals surface area contributed by atoms with Crippen molar-refractivity contribution in [2.24, 2.45) is 5.41 Å². The summed E-state index contributed by atoms with van der Waals surface area (Å²) in [7, 11) is 0. The Labute approximate surface area is 147 Å². The van der Waals surface area contributed by atoms with Crippen molar-refractivity contribution in [3.8, 4) is 0 Å². The first kappa shape index (κ1) is 18.8. The highest BCUT2D eigenvalue weighted by Crippen LogP contribution is 2.27. The Balaban J connectivity index is 2.08. The number of amides is 1. The third kappa shape index (κ3) is 5.81. The summed E-state index contributed by atoms with van der Waals surface area (Å²) in [6, 6.07) is 5.77. The van der Waals surface area contributed by atoms with Gasteiger partial charge in [0.1, 0.15) is 11.5 Å². The molecule has 0 aliphatic carbocycles. The molecule has 2 rings (SSSR count). The van der Waals surface area contributed by atoms with Crippen LogP contribution >= 0.6 is 0 Å². The van der Waals surface area contributed by atoms with E-state index in [9.17, 15) is 4.79 Å². The van der Waals surface area contributed by atoms with Gasteiger partial charge in [-0.3, -0.25) is 4.79 Å². The number of carbonyl (C=O) groups is 1. The summed E-state index contributed by atoms with van der Waals surface area (Å²) in [5, 5.41) is 3.15. The zero-order valence-electron chi connectivity index (χ0n) is 16.0. The molecule has 0 spiro atoms. The van der Waals surface area contributed by atoms with Crippen molar-refractivity contribution in [1.29, 1.82) is 0 Å². The number of rotatable bonds is 4. The first-order valence-corrected chi connectivity index (χ1v) is 9.21. The molecule has 0 aromatic carbocycles. The molecule has 4 nitrogen and oxygen atoms in total. The number of hydrogen-bond acceptors (Lipinski definition) is 3. The van der Waals surface area contributed by atoms with Crippen LogP contribution in [0.5, 0.6) is 0 Å². The van der Waals surface area contributed by atoms with Crippen LogP contribution in [0.4, 0.5) is 5.82 Å². The van der Waals surface area contributed by atoms with E-state index in [4.69, 9.17) is 0 Å². The van der Waals surface area contributed by atoms with Gasteiger partial charge in [0.15, 0.2) is 0 Å². The Bertz CT molecular complexity index is 552. The maximum Gasteiger partial charge on any atom is 0.270 e. The van der Waals surface area contributed by atoms with Gasteiger partial charge in [0.25, 0.3) is 5.91 Å². The predicted molar refractivity (Wildman–Crippen MR) is 101 cm³/mol. The van der Waals surface area contributed by atoms with Crippen LogP contribution in [0.25, 0.3) is 0 Å². The number of anilines is 1. The molecule has 4 heteroatoms. The number of nitrogens with zero attached hydrogens (tertiary/aromatic N) is 2. The van der Waals surface area contributed by atoms with Crippen LogP contribution in [-0.4, -0.2) is 29.5 Å². The molecule has 0 atom stereocenters. The molecule has 1 saturated heterocycles. The van der Waals surface area contributed by atoms with Crippen molar-refractivity contribution in [3.63, 3.8) is 0 Å². The fourth-order valence-corrected chi connectivity index (χ4v) is 3.77. The van der Waals surface area contributed by atoms with E-state index in [2.05, 4.69) is 49.8 Å². The second-order valence-electron chi connectivity index (χ2n) is 8.86. The van der Waals surface area contributed by atoms with Crippen LogP contribution in [-0.2, 0) is 0 Å². The number of nitrogens with one attached hydrogen (secondary N) is 1. The minimum Gasteiger partial charge on any atom is -0.357 e. The van der Waals surface area contributed by atoms with Gasteiger partial charge < -0.3 is 10.2 Å². The molecule has 1 N–H and O–H groups in total. The highest BCUT2D eigenvalue weighted by atomic mass is 16.2. The fraction of sp³-hybridized carbons (Fsp3) is 0.700. The number of aromatic nitrogens is 1. The van der Waals surface area contributed by atoms with Crippen LogP contribution in [0.1, 0.15) is 77.2 Å². The molecule has 0 saturated carbocycles. The number of carbonyl (C=O) groups excluding carboxylic acids is 1. The van der Waals surface area contributed by atoms with Crippen LogP contribution in [0.15, 0.2) is 18.2 Å². The molecule has 0 unspecified atom stereocenters. The maximum atomic E-state index is 12.7. The Morgan fingerprint density at radius 2 is 1.71 bits per heavy atom. The quantitative estimate of drug-likeness (QED) is 0.889. The lowest BCUT2D eigenvalue weighted by atomic mass is 9.82. The molecule has 2 heterocycles. The minimum atomic E-state index is -0.254. The van der Waals surface area contributed by atoms with Gasteiger partial charge in [-0.15, -0.1) is 0 Å². The van der Waals surface area contributed by atoms with Crippen molar-refractivity contribution < 1.29 is 4.79 Å². The summed E-state index contributed by atoms with van der Waals surface area (Å²) in [6.07, 6.45) is 5.90. The van der Waals surface area contributed by atoms with Gasteiger partial charge in [-0.25, -0.2) is 4.98 Å². The molecule has 0 radical (unpaired) electrons. The van der Waals surface area contributed by atoms with Gasteiger partial charge in [0, 0.05) is 18.6 Å². The van der Waals surface area contributed by atoms with Gasteiger partial charge in [0.05, 0.1) is 0 Å². The molecule has 1 amide bonds. The highest BCUT2D eigenvalue weighted by molar-refractivity contribution is 5.93. The van der Waals surface area contributed by atoms with Gasteiger partial charge in [-0.05, 0) is 50.7 Å². The first-order chi connectivity index (χ1) is 11.2. The largest absolute Gasteiger partial charge is 0.357 e. The first-order valence-electron chi connectivity index (χ1n) is 9.21. The van der Waals surface area contributed by atoms with Crippen molar-refractivity contribution >= 4 is 11.7 Å². The Morgan fingerprint density at radius 3 is 2.29 bits per heavy atom. The monoisotopic (exact) mass is 331 g/mol. The van der Waals surface area contributed by atoms with Crippen molar-refractivity contribution in [1.82, 2.24) is 10.3 Å². The third-order valence-corrected chi connectivity index (χ3v) is 4.32. The lowest BCUT2D eigenvalue weighted by Gasteiger charge is -2.33. The number of hydrogen-bond donors (Lipinski definition) is 1. The van der Waals surface area contributed by atoms with E-state index in [1.807, 2.05) is 18.2 Å². The standard InChI is InChI=1S/C20H33N3O/c1-19(2,3)15-20(4,5)22-18(24)16-11-10-12-17(21-16)23-13-8-6-7-9-14-23/h10-12H,6-9,13-15H2,1-5H3,(H,22,24). The highest BCUT2D eigenvalue weighted by Gasteiger charge is 2.28. The van der Waals surface area contributed by atoms with Crippen molar-refractivity contribution in [2.45, 2.75) is 72.3 Å². The zero-order valence-corrected chi connectivity index (χ0v) is 16.0. The second-order valence-corrected chi connectivity index (χ2v) is 8.86. The number of pyridine rings is 1. The fourth-order valence-electron chi connectivity index (χ4n) is 3.77. The van der Waals surface area contributed by atoms with E-state index in [1.165, 1.54) is 25.7 Å². The van der Waals surface area contributed by atoms with Crippen LogP contribution in [0, 0.1) is 5.41 Å². The molecular formula is C20H33N3O. The van der Waals surface area contributed by atoms with Crippen LogP contribution < -0.4 is 10.2 Å². The van der Waals surface area contributed by atoms with Crippen molar-refractivity contribution in [2.75, 3.05) is 18.0 Å². The van der Waals surface area contributed by atoms with E-state index < -0.39 is 0 Å². The predicted octanol–water partition coefficient (Wildman–Crippen LogP) is 4.41. The average molecular weight is 332 g/mol. The van der Waals surface area contributed by atoms with Gasteiger partial charge in [-0.2, -0.15) is 0 Å². The second kappa shape index (κ2) is 7.54. The minimum absolute atomic E-state index is 0.0825. The Morgan fingerprint density at radius 1 is 1.08 bits per heavy atom. The molecule has 134 valence electrons. The SMILES string of the molecule is CC(C)(C)CC(C)(C)NC(=O)c1cccc(N2CCCCCC2)n1. The van der Waals surface area contributed by atoms with Crippen molar-refractivity contribution in [3.05, 3.63) is 23.9 Å². The summed E-state index contributed by atoms with van der Waals surface area (Å²) < 4.78 is 0. The molecule has 1 aliphatic rings. The molecular weight excluding hydrogens is 298 g/mol. The summed E-state index contributed by atoms with van der Waals surface area (Å²) >= 11 is 0. The Hall–Kier alpha value is -1.58. The lowest BCUT2D eigenvalue weighted by molar-refractivity contribution is 0.0886. The van der Waals surface area contributed by atoms with Crippen LogP contribution in [0.3, 0.4) is 0 Å². The molecule has 0 bridgehead atoms. The van der Waals surface area contributed by atoms with E-state index in [0.29, 0.717) is 5.69 Å². The van der Waals surface area contributed by atoms with Gasteiger partial charge >= 0.3 is 0 Å². The molecule has 1 fully saturated rings. The topological polar surface area (TPSA) is 45.2 Å². The summed E-state index contributed by atoms with van der Waals surface area (Å²) in [5.41, 5.74) is 0.423. The van der Waals surface area contributed by atoms with Gasteiger partial charge in [-0.1, -0.05) is 39.7 Å². The zero-order chi connectivity index (χ0) is 17.8. The molecule has 1 aromatic rings. The van der Waals surface area contributed by atoms with Gasteiger partial charge in [0.2, 0.25) is 0 Å². The molecule has 1 aromatic heterocycles. The van der Waals surface area contributed by atoms with E-state index in [-0.39, 0.29) is 16.9 Å². The van der Waals surface area contributed by atoms with Crippen LogP contribution in [0.2, 0.25) is 0 Å².